The molecule has 2 amide bonds. The number of halogens is 4. The highest BCUT2D eigenvalue weighted by molar-refractivity contribution is 7.98. The maximum Gasteiger partial charge on any atom is 0.416 e. The molecule has 0 radical (unpaired) electrons. The Morgan fingerprint density at radius 1 is 1.17 bits per heavy atom. The molecule has 2 N–H and O–H groups in total. The molecule has 0 heterocycles. The van der Waals surface area contributed by atoms with E-state index in [4.69, 9.17) is 0 Å². The number of hydrogen-bond donors (Lipinski definition) is 2. The fourth-order valence-electron chi connectivity index (χ4n) is 1.97. The molecule has 0 bridgehead atoms. The molecule has 0 aromatic heterocycles. The van der Waals surface area contributed by atoms with Gasteiger partial charge in [0.25, 0.3) is 0 Å². The van der Waals surface area contributed by atoms with Crippen LogP contribution in [0.15, 0.2) is 47.4 Å². The monoisotopic (exact) mass is 358 g/mol. The fourth-order valence-corrected chi connectivity index (χ4v) is 2.43. The normalized spacial score (nSPS) is 11.2. The zero-order valence-corrected chi connectivity index (χ0v) is 13.4. The number of rotatable bonds is 4. The van der Waals surface area contributed by atoms with Gasteiger partial charge in [0, 0.05) is 17.1 Å². The van der Waals surface area contributed by atoms with Gasteiger partial charge in [-0.1, -0.05) is 6.07 Å². The molecule has 8 heteroatoms. The highest BCUT2D eigenvalue weighted by Gasteiger charge is 2.31. The quantitative estimate of drug-likeness (QED) is 0.604. The predicted octanol–water partition coefficient (Wildman–Crippen LogP) is 4.89. The van der Waals surface area contributed by atoms with Gasteiger partial charge in [-0.05, 0) is 48.2 Å². The average Bonchev–Trinajstić information content (AvgIpc) is 2.52. The summed E-state index contributed by atoms with van der Waals surface area (Å²) in [6, 6.07) is 8.66. The lowest BCUT2D eigenvalue weighted by Crippen LogP contribution is -2.28. The second-order valence-electron chi connectivity index (χ2n) is 4.89. The number of nitrogens with one attached hydrogen (secondary N) is 2. The first-order valence-electron chi connectivity index (χ1n) is 6.83. The predicted molar refractivity (Wildman–Crippen MR) is 85.5 cm³/mol. The van der Waals surface area contributed by atoms with Crippen LogP contribution in [0.3, 0.4) is 0 Å². The maximum absolute atomic E-state index is 13.3. The Kier molecular flexibility index (Phi) is 5.71. The Bertz CT molecular complexity index is 734. The molecule has 0 unspecified atom stereocenters. The molecule has 0 aliphatic carbocycles. The Hall–Kier alpha value is -2.22. The zero-order valence-electron chi connectivity index (χ0n) is 12.6. The van der Waals surface area contributed by atoms with Crippen LogP contribution in [0.2, 0.25) is 0 Å². The Balaban J connectivity index is 2.00. The summed E-state index contributed by atoms with van der Waals surface area (Å²) in [5, 5.41) is 4.97. The van der Waals surface area contributed by atoms with Crippen molar-refractivity contribution in [1.82, 2.24) is 5.32 Å². The summed E-state index contributed by atoms with van der Waals surface area (Å²) in [5.74, 6) is -1.00. The van der Waals surface area contributed by atoms with Gasteiger partial charge in [-0.3, -0.25) is 0 Å². The van der Waals surface area contributed by atoms with Crippen molar-refractivity contribution < 1.29 is 22.4 Å². The third-order valence-corrected chi connectivity index (χ3v) is 3.79. The topological polar surface area (TPSA) is 41.1 Å². The van der Waals surface area contributed by atoms with E-state index in [1.807, 2.05) is 12.3 Å². The van der Waals surface area contributed by atoms with Gasteiger partial charge in [0.1, 0.15) is 5.82 Å². The van der Waals surface area contributed by atoms with Gasteiger partial charge in [-0.15, -0.1) is 11.8 Å². The number of carbonyl (C=O) groups is 1. The molecule has 24 heavy (non-hydrogen) atoms. The lowest BCUT2D eigenvalue weighted by molar-refractivity contribution is -0.137. The molecule has 2 aromatic carbocycles. The van der Waals surface area contributed by atoms with Crippen molar-refractivity contribution in [1.29, 1.82) is 0 Å². The van der Waals surface area contributed by atoms with Crippen LogP contribution in [-0.4, -0.2) is 12.3 Å². The Morgan fingerprint density at radius 2 is 1.92 bits per heavy atom. The molecule has 0 aliphatic heterocycles. The summed E-state index contributed by atoms with van der Waals surface area (Å²) in [7, 11) is 0. The van der Waals surface area contributed by atoms with Crippen LogP contribution in [0.25, 0.3) is 0 Å². The summed E-state index contributed by atoms with van der Waals surface area (Å²) in [6.45, 7) is -0.227. The molecular formula is C16H14F4N2OS. The number of urea groups is 1. The Labute approximate surface area is 140 Å². The van der Waals surface area contributed by atoms with Crippen LogP contribution < -0.4 is 10.6 Å². The molecular weight excluding hydrogens is 344 g/mol. The lowest BCUT2D eigenvalue weighted by Gasteiger charge is -2.11. The maximum atomic E-state index is 13.3. The minimum absolute atomic E-state index is 0.0235. The van der Waals surface area contributed by atoms with E-state index in [-0.39, 0.29) is 12.1 Å². The first-order valence-corrected chi connectivity index (χ1v) is 8.06. The highest BCUT2D eigenvalue weighted by Crippen LogP contribution is 2.30. The summed E-state index contributed by atoms with van der Waals surface area (Å²) >= 11 is 1.51. The van der Waals surface area contributed by atoms with Crippen LogP contribution in [0, 0.1) is 5.82 Å². The van der Waals surface area contributed by atoms with Crippen molar-refractivity contribution in [3.05, 3.63) is 59.4 Å². The summed E-state index contributed by atoms with van der Waals surface area (Å²) in [5.41, 5.74) is -0.516. The van der Waals surface area contributed by atoms with Crippen molar-refractivity contribution >= 4 is 23.5 Å². The largest absolute Gasteiger partial charge is 0.416 e. The van der Waals surface area contributed by atoms with Crippen molar-refractivity contribution in [2.75, 3.05) is 11.6 Å². The first-order chi connectivity index (χ1) is 11.3. The molecule has 128 valence electrons. The van der Waals surface area contributed by atoms with Crippen molar-refractivity contribution in [3.63, 3.8) is 0 Å². The summed E-state index contributed by atoms with van der Waals surface area (Å²) in [4.78, 5) is 12.8. The SMILES string of the molecule is CSc1cccc(NC(=O)NCc2cc(F)cc(C(F)(F)F)c2)c1. The molecule has 0 spiro atoms. The number of anilines is 1. The van der Waals surface area contributed by atoms with Gasteiger partial charge in [-0.25, -0.2) is 9.18 Å². The van der Waals surface area contributed by atoms with Crippen molar-refractivity contribution in [2.24, 2.45) is 0 Å². The third-order valence-electron chi connectivity index (χ3n) is 3.07. The van der Waals surface area contributed by atoms with Gasteiger partial charge in [0.2, 0.25) is 0 Å². The molecule has 0 aliphatic rings. The average molecular weight is 358 g/mol. The van der Waals surface area contributed by atoms with Gasteiger partial charge in [-0.2, -0.15) is 13.2 Å². The number of thioether (sulfide) groups is 1. The molecule has 2 aromatic rings. The van der Waals surface area contributed by atoms with Crippen LogP contribution in [-0.2, 0) is 12.7 Å². The van der Waals surface area contributed by atoms with Crippen molar-refractivity contribution in [2.45, 2.75) is 17.6 Å². The van der Waals surface area contributed by atoms with Crippen LogP contribution >= 0.6 is 11.8 Å². The molecule has 3 nitrogen and oxygen atoms in total. The summed E-state index contributed by atoms with van der Waals surface area (Å²) < 4.78 is 51.2. The van der Waals surface area contributed by atoms with Crippen molar-refractivity contribution in [3.8, 4) is 0 Å². The third kappa shape index (κ3) is 5.16. The summed E-state index contributed by atoms with van der Waals surface area (Å²) in [6.07, 6.45) is -2.75. The fraction of sp³-hybridized carbons (Fsp3) is 0.188. The van der Waals surface area contributed by atoms with E-state index in [1.54, 1.807) is 18.2 Å². The van der Waals surface area contributed by atoms with E-state index in [1.165, 1.54) is 11.8 Å². The smallest absolute Gasteiger partial charge is 0.334 e. The van der Waals surface area contributed by atoms with Gasteiger partial charge >= 0.3 is 12.2 Å². The molecule has 0 saturated carbocycles. The van der Waals surface area contributed by atoms with E-state index in [2.05, 4.69) is 10.6 Å². The molecule has 0 fully saturated rings. The minimum Gasteiger partial charge on any atom is -0.334 e. The van der Waals surface area contributed by atoms with Crippen LogP contribution in [0.5, 0.6) is 0 Å². The van der Waals surface area contributed by atoms with E-state index in [9.17, 15) is 22.4 Å². The number of amides is 2. The number of hydrogen-bond acceptors (Lipinski definition) is 2. The van der Waals surface area contributed by atoms with E-state index < -0.39 is 23.6 Å². The lowest BCUT2D eigenvalue weighted by atomic mass is 10.1. The molecule has 0 atom stereocenters. The number of carbonyl (C=O) groups excluding carboxylic acids is 1. The standard InChI is InChI=1S/C16H14F4N2OS/c1-24-14-4-2-3-13(8-14)22-15(23)21-9-10-5-11(16(18,19)20)7-12(17)6-10/h2-8H,9H2,1H3,(H2,21,22,23). The van der Waals surface area contributed by atoms with E-state index in [0.29, 0.717) is 11.8 Å². The van der Waals surface area contributed by atoms with Gasteiger partial charge in [0.05, 0.1) is 5.56 Å². The second-order valence-corrected chi connectivity index (χ2v) is 5.77. The number of alkyl halides is 3. The minimum atomic E-state index is -4.64. The number of benzene rings is 2. The van der Waals surface area contributed by atoms with Crippen LogP contribution in [0.4, 0.5) is 28.0 Å². The van der Waals surface area contributed by atoms with Gasteiger partial charge in [0.15, 0.2) is 0 Å². The molecule has 2 rings (SSSR count). The highest BCUT2D eigenvalue weighted by atomic mass is 32.2. The first kappa shape index (κ1) is 18.1. The molecule has 0 saturated heterocycles. The van der Waals surface area contributed by atoms with Crippen LogP contribution in [0.1, 0.15) is 11.1 Å². The van der Waals surface area contributed by atoms with E-state index in [0.717, 1.165) is 17.0 Å². The van der Waals surface area contributed by atoms with E-state index >= 15 is 0 Å². The van der Waals surface area contributed by atoms with Gasteiger partial charge < -0.3 is 10.6 Å². The Morgan fingerprint density at radius 3 is 2.58 bits per heavy atom. The second kappa shape index (κ2) is 7.57. The zero-order chi connectivity index (χ0) is 17.7.